The van der Waals surface area contributed by atoms with E-state index in [-0.39, 0.29) is 0 Å². The molecule has 1 N–H and O–H groups in total. The minimum absolute atomic E-state index is 0.402. The van der Waals surface area contributed by atoms with Crippen LogP contribution < -0.4 is 5.32 Å². The SMILES string of the molecule is Cc1c(Cl)nc2ncnn2c1NC1CC=CC1. The van der Waals surface area contributed by atoms with Crippen molar-refractivity contribution in [2.75, 3.05) is 5.32 Å². The van der Waals surface area contributed by atoms with Gasteiger partial charge in [-0.05, 0) is 19.8 Å². The van der Waals surface area contributed by atoms with Crippen molar-refractivity contribution in [3.63, 3.8) is 0 Å². The Morgan fingerprint density at radius 2 is 2.18 bits per heavy atom. The maximum absolute atomic E-state index is 6.09. The molecule has 0 bridgehead atoms. The molecule has 0 unspecified atom stereocenters. The molecule has 0 fully saturated rings. The Morgan fingerprint density at radius 3 is 2.94 bits per heavy atom. The van der Waals surface area contributed by atoms with Crippen LogP contribution >= 0.6 is 11.6 Å². The highest BCUT2D eigenvalue weighted by atomic mass is 35.5. The van der Waals surface area contributed by atoms with Gasteiger partial charge in [0.1, 0.15) is 17.3 Å². The van der Waals surface area contributed by atoms with Crippen molar-refractivity contribution in [1.29, 1.82) is 0 Å². The minimum Gasteiger partial charge on any atom is -0.366 e. The lowest BCUT2D eigenvalue weighted by Crippen LogP contribution is -2.19. The normalized spacial score (nSPS) is 15.9. The lowest BCUT2D eigenvalue weighted by molar-refractivity contribution is 0.764. The average molecular weight is 250 g/mol. The van der Waals surface area contributed by atoms with Crippen LogP contribution in [0.15, 0.2) is 18.5 Å². The standard InChI is InChI=1S/C11H12ClN5/c1-7-9(12)16-11-13-6-14-17(11)10(7)15-8-4-2-3-5-8/h2-3,6,8,15H,4-5H2,1H3. The monoisotopic (exact) mass is 249 g/mol. The van der Waals surface area contributed by atoms with Crippen LogP contribution in [-0.4, -0.2) is 25.6 Å². The average Bonchev–Trinajstić information content (AvgIpc) is 2.94. The Balaban J connectivity index is 2.06. The van der Waals surface area contributed by atoms with E-state index in [1.54, 1.807) is 4.52 Å². The van der Waals surface area contributed by atoms with Crippen LogP contribution in [0.5, 0.6) is 0 Å². The summed E-state index contributed by atoms with van der Waals surface area (Å²) < 4.78 is 1.69. The smallest absolute Gasteiger partial charge is 0.255 e. The van der Waals surface area contributed by atoms with Gasteiger partial charge in [-0.2, -0.15) is 19.6 Å². The fourth-order valence-electron chi connectivity index (χ4n) is 2.00. The van der Waals surface area contributed by atoms with Crippen LogP contribution in [-0.2, 0) is 0 Å². The number of hydrogen-bond acceptors (Lipinski definition) is 4. The van der Waals surface area contributed by atoms with E-state index >= 15 is 0 Å². The van der Waals surface area contributed by atoms with Crippen LogP contribution in [0.1, 0.15) is 18.4 Å². The number of nitrogens with zero attached hydrogens (tertiary/aromatic N) is 4. The molecule has 0 amide bonds. The Bertz CT molecular complexity index is 581. The molecule has 0 saturated heterocycles. The summed E-state index contributed by atoms with van der Waals surface area (Å²) in [7, 11) is 0. The van der Waals surface area contributed by atoms with E-state index in [1.165, 1.54) is 6.33 Å². The highest BCUT2D eigenvalue weighted by Crippen LogP contribution is 2.24. The summed E-state index contributed by atoms with van der Waals surface area (Å²) in [5.74, 6) is 1.40. The van der Waals surface area contributed by atoms with E-state index in [0.717, 1.165) is 24.2 Å². The molecule has 17 heavy (non-hydrogen) atoms. The van der Waals surface area contributed by atoms with Gasteiger partial charge in [0.25, 0.3) is 5.78 Å². The number of anilines is 1. The van der Waals surface area contributed by atoms with Gasteiger partial charge in [-0.3, -0.25) is 0 Å². The quantitative estimate of drug-likeness (QED) is 0.655. The van der Waals surface area contributed by atoms with Gasteiger partial charge < -0.3 is 5.32 Å². The fourth-order valence-corrected chi connectivity index (χ4v) is 2.16. The van der Waals surface area contributed by atoms with Gasteiger partial charge in [0.15, 0.2) is 0 Å². The molecule has 6 heteroatoms. The Hall–Kier alpha value is -1.62. The first kappa shape index (κ1) is 10.5. The van der Waals surface area contributed by atoms with Crippen molar-refractivity contribution in [3.8, 4) is 0 Å². The van der Waals surface area contributed by atoms with Gasteiger partial charge in [-0.1, -0.05) is 23.8 Å². The summed E-state index contributed by atoms with van der Waals surface area (Å²) in [6.45, 7) is 1.93. The number of rotatable bonds is 2. The summed E-state index contributed by atoms with van der Waals surface area (Å²) in [4.78, 5) is 8.23. The zero-order valence-electron chi connectivity index (χ0n) is 9.39. The van der Waals surface area contributed by atoms with Crippen molar-refractivity contribution in [3.05, 3.63) is 29.2 Å². The summed E-state index contributed by atoms with van der Waals surface area (Å²) in [6, 6.07) is 0.402. The lowest BCUT2D eigenvalue weighted by Gasteiger charge is -2.16. The second-order valence-electron chi connectivity index (χ2n) is 4.13. The fraction of sp³-hybridized carbons (Fsp3) is 0.364. The number of nitrogens with one attached hydrogen (secondary N) is 1. The van der Waals surface area contributed by atoms with E-state index in [2.05, 4.69) is 32.5 Å². The van der Waals surface area contributed by atoms with Crippen molar-refractivity contribution < 1.29 is 0 Å². The zero-order valence-corrected chi connectivity index (χ0v) is 10.1. The third-order valence-corrected chi connectivity index (χ3v) is 3.32. The van der Waals surface area contributed by atoms with Gasteiger partial charge in [-0.15, -0.1) is 0 Å². The van der Waals surface area contributed by atoms with Crippen molar-refractivity contribution in [2.45, 2.75) is 25.8 Å². The van der Waals surface area contributed by atoms with Crippen molar-refractivity contribution >= 4 is 23.2 Å². The second kappa shape index (κ2) is 4.00. The van der Waals surface area contributed by atoms with E-state index < -0.39 is 0 Å². The molecule has 0 aromatic carbocycles. The summed E-state index contributed by atoms with van der Waals surface area (Å²) >= 11 is 6.09. The largest absolute Gasteiger partial charge is 0.366 e. The van der Waals surface area contributed by atoms with Crippen molar-refractivity contribution in [2.24, 2.45) is 0 Å². The Kier molecular flexibility index (Phi) is 2.48. The molecule has 0 spiro atoms. The highest BCUT2D eigenvalue weighted by Gasteiger charge is 2.16. The Morgan fingerprint density at radius 1 is 1.41 bits per heavy atom. The highest BCUT2D eigenvalue weighted by molar-refractivity contribution is 6.30. The van der Waals surface area contributed by atoms with Crippen LogP contribution in [0.25, 0.3) is 5.78 Å². The van der Waals surface area contributed by atoms with Gasteiger partial charge in [-0.25, -0.2) is 0 Å². The number of halogens is 1. The molecule has 88 valence electrons. The molecule has 2 heterocycles. The van der Waals surface area contributed by atoms with Crippen LogP contribution in [0, 0.1) is 6.92 Å². The van der Waals surface area contributed by atoms with Crippen LogP contribution in [0.4, 0.5) is 5.82 Å². The van der Waals surface area contributed by atoms with E-state index in [4.69, 9.17) is 11.6 Å². The second-order valence-corrected chi connectivity index (χ2v) is 4.49. The first-order chi connectivity index (χ1) is 8.25. The molecule has 0 saturated carbocycles. The zero-order chi connectivity index (χ0) is 11.8. The predicted octanol–water partition coefficient (Wildman–Crippen LogP) is 2.22. The number of fused-ring (bicyclic) bond motifs is 1. The molecule has 5 nitrogen and oxygen atoms in total. The first-order valence-corrected chi connectivity index (χ1v) is 5.91. The summed E-state index contributed by atoms with van der Waals surface area (Å²) in [5, 5.41) is 8.09. The topological polar surface area (TPSA) is 55.1 Å². The Labute approximate surface area is 104 Å². The molecule has 0 radical (unpaired) electrons. The lowest BCUT2D eigenvalue weighted by atomic mass is 10.2. The van der Waals surface area contributed by atoms with E-state index in [9.17, 15) is 0 Å². The predicted molar refractivity (Wildman–Crippen MR) is 66.3 cm³/mol. The molecule has 1 aliphatic rings. The van der Waals surface area contributed by atoms with E-state index in [0.29, 0.717) is 17.0 Å². The molecular formula is C11H12ClN5. The van der Waals surface area contributed by atoms with Gasteiger partial charge in [0.2, 0.25) is 0 Å². The number of hydrogen-bond donors (Lipinski definition) is 1. The molecule has 0 atom stereocenters. The third-order valence-electron chi connectivity index (χ3n) is 2.95. The number of aromatic nitrogens is 4. The summed E-state index contributed by atoms with van der Waals surface area (Å²) in [6.07, 6.45) is 7.88. The molecular weight excluding hydrogens is 238 g/mol. The van der Waals surface area contributed by atoms with Crippen molar-refractivity contribution in [1.82, 2.24) is 19.6 Å². The molecule has 2 aromatic heterocycles. The summed E-state index contributed by atoms with van der Waals surface area (Å²) in [5.41, 5.74) is 0.900. The van der Waals surface area contributed by atoms with Gasteiger partial charge in [0, 0.05) is 11.6 Å². The van der Waals surface area contributed by atoms with E-state index in [1.807, 2.05) is 6.92 Å². The van der Waals surface area contributed by atoms with Crippen LogP contribution in [0.3, 0.4) is 0 Å². The minimum atomic E-state index is 0.402. The van der Waals surface area contributed by atoms with Gasteiger partial charge in [0.05, 0.1) is 0 Å². The maximum Gasteiger partial charge on any atom is 0.255 e. The maximum atomic E-state index is 6.09. The molecule has 3 rings (SSSR count). The van der Waals surface area contributed by atoms with Crippen LogP contribution in [0.2, 0.25) is 5.15 Å². The third kappa shape index (κ3) is 1.76. The molecule has 2 aromatic rings. The first-order valence-electron chi connectivity index (χ1n) is 5.53. The molecule has 1 aliphatic carbocycles. The molecule has 0 aliphatic heterocycles. The van der Waals surface area contributed by atoms with Gasteiger partial charge >= 0.3 is 0 Å².